The number of carbonyl (C=O) groups is 1. The van der Waals surface area contributed by atoms with E-state index in [4.69, 9.17) is 4.74 Å². The molecule has 5 nitrogen and oxygen atoms in total. The summed E-state index contributed by atoms with van der Waals surface area (Å²) >= 11 is 0. The summed E-state index contributed by atoms with van der Waals surface area (Å²) in [4.78, 5) is 11.5. The Bertz CT molecular complexity index is 404. The lowest BCUT2D eigenvalue weighted by Gasteiger charge is -2.39. The van der Waals surface area contributed by atoms with E-state index in [1.165, 1.54) is 5.01 Å². The van der Waals surface area contributed by atoms with Gasteiger partial charge >= 0.3 is 6.09 Å². The Labute approximate surface area is 113 Å². The maximum absolute atomic E-state index is 11.5. The van der Waals surface area contributed by atoms with Crippen LogP contribution in [0.15, 0.2) is 30.3 Å². The Morgan fingerprint density at radius 2 is 2.00 bits per heavy atom. The summed E-state index contributed by atoms with van der Waals surface area (Å²) < 4.78 is 5.27. The molecule has 1 fully saturated rings. The monoisotopic (exact) mass is 264 g/mol. The highest BCUT2D eigenvalue weighted by atomic mass is 16.5. The fraction of sp³-hybridized carbons (Fsp3) is 0.500. The van der Waals surface area contributed by atoms with Crippen molar-refractivity contribution in [2.45, 2.75) is 19.4 Å². The van der Waals surface area contributed by atoms with Crippen LogP contribution < -0.4 is 0 Å². The molecule has 1 aliphatic rings. The topological polar surface area (TPSA) is 53.0 Å². The smallest absolute Gasteiger partial charge is 0.422 e. The number of ether oxygens (including phenoxy) is 1. The molecule has 1 N–H and O–H groups in total. The van der Waals surface area contributed by atoms with Crippen LogP contribution in [0.5, 0.6) is 0 Å². The summed E-state index contributed by atoms with van der Waals surface area (Å²) in [5.74, 6) is 0. The lowest BCUT2D eigenvalue weighted by Crippen LogP contribution is -2.55. The van der Waals surface area contributed by atoms with Crippen molar-refractivity contribution < 1.29 is 14.6 Å². The first-order valence-electron chi connectivity index (χ1n) is 6.57. The third-order valence-corrected chi connectivity index (χ3v) is 3.28. The standard InChI is InChI=1S/C14H20N2O3/c1-12(11-13-5-3-2-4-6-13)16(14(17)18)15-7-9-19-10-8-15/h2-6,12H,7-11H2,1H3,(H,17,18). The third kappa shape index (κ3) is 3.68. The second kappa shape index (κ2) is 6.54. The van der Waals surface area contributed by atoms with E-state index in [2.05, 4.69) is 0 Å². The third-order valence-electron chi connectivity index (χ3n) is 3.28. The van der Waals surface area contributed by atoms with Gasteiger partial charge in [-0.25, -0.2) is 14.8 Å². The summed E-state index contributed by atoms with van der Waals surface area (Å²) in [6.45, 7) is 4.37. The van der Waals surface area contributed by atoms with Crippen molar-refractivity contribution in [3.05, 3.63) is 35.9 Å². The molecule has 1 saturated heterocycles. The molecule has 1 aromatic carbocycles. The molecule has 1 aliphatic heterocycles. The molecule has 1 heterocycles. The molecule has 0 spiro atoms. The molecule has 1 amide bonds. The van der Waals surface area contributed by atoms with E-state index in [-0.39, 0.29) is 6.04 Å². The van der Waals surface area contributed by atoms with Crippen LogP contribution in [0.4, 0.5) is 4.79 Å². The molecule has 0 bridgehead atoms. The summed E-state index contributed by atoms with van der Waals surface area (Å²) in [7, 11) is 0. The minimum atomic E-state index is -0.898. The van der Waals surface area contributed by atoms with Crippen LogP contribution in [0.2, 0.25) is 0 Å². The fourth-order valence-electron chi connectivity index (χ4n) is 2.40. The van der Waals surface area contributed by atoms with E-state index in [9.17, 15) is 9.90 Å². The van der Waals surface area contributed by atoms with Crippen LogP contribution in [-0.2, 0) is 11.2 Å². The van der Waals surface area contributed by atoms with Gasteiger partial charge in [-0.3, -0.25) is 0 Å². The zero-order valence-electron chi connectivity index (χ0n) is 11.2. The Balaban J connectivity index is 2.03. The number of hydrogen-bond acceptors (Lipinski definition) is 3. The molecule has 19 heavy (non-hydrogen) atoms. The van der Waals surface area contributed by atoms with Crippen molar-refractivity contribution >= 4 is 6.09 Å². The Kier molecular flexibility index (Phi) is 4.76. The summed E-state index contributed by atoms with van der Waals surface area (Å²) in [6.07, 6.45) is -0.185. The van der Waals surface area contributed by atoms with Crippen molar-refractivity contribution in [3.63, 3.8) is 0 Å². The molecule has 1 atom stereocenters. The minimum Gasteiger partial charge on any atom is -0.464 e. The maximum atomic E-state index is 11.5. The van der Waals surface area contributed by atoms with Crippen molar-refractivity contribution in [2.24, 2.45) is 0 Å². The lowest BCUT2D eigenvalue weighted by atomic mass is 10.1. The summed E-state index contributed by atoms with van der Waals surface area (Å²) in [5, 5.41) is 12.7. The van der Waals surface area contributed by atoms with E-state index < -0.39 is 6.09 Å². The van der Waals surface area contributed by atoms with Gasteiger partial charge in [0.05, 0.1) is 19.3 Å². The predicted molar refractivity (Wildman–Crippen MR) is 71.9 cm³/mol. The molecule has 0 aliphatic carbocycles. The van der Waals surface area contributed by atoms with E-state index in [1.54, 1.807) is 0 Å². The number of morpholine rings is 1. The number of benzene rings is 1. The van der Waals surface area contributed by atoms with Gasteiger partial charge < -0.3 is 9.84 Å². The highest BCUT2D eigenvalue weighted by Crippen LogP contribution is 2.13. The zero-order valence-corrected chi connectivity index (χ0v) is 11.2. The molecule has 1 aromatic rings. The van der Waals surface area contributed by atoms with Gasteiger partial charge in [-0.1, -0.05) is 30.3 Å². The van der Waals surface area contributed by atoms with Crippen LogP contribution in [0, 0.1) is 0 Å². The molecular weight excluding hydrogens is 244 g/mol. The molecule has 1 unspecified atom stereocenters. The number of hydrazine groups is 1. The minimum absolute atomic E-state index is 0.0852. The average molecular weight is 264 g/mol. The van der Waals surface area contributed by atoms with Gasteiger partial charge in [0.1, 0.15) is 0 Å². The van der Waals surface area contributed by atoms with Crippen molar-refractivity contribution in [3.8, 4) is 0 Å². The number of rotatable bonds is 4. The van der Waals surface area contributed by atoms with E-state index in [0.717, 1.165) is 5.56 Å². The van der Waals surface area contributed by atoms with Gasteiger partial charge in [-0.05, 0) is 18.9 Å². The number of nitrogens with zero attached hydrogens (tertiary/aromatic N) is 2. The first-order chi connectivity index (χ1) is 9.18. The number of carboxylic acid groups (broad SMARTS) is 1. The number of amides is 1. The zero-order chi connectivity index (χ0) is 13.7. The highest BCUT2D eigenvalue weighted by molar-refractivity contribution is 5.64. The van der Waals surface area contributed by atoms with Crippen molar-refractivity contribution in [1.29, 1.82) is 0 Å². The molecule has 0 saturated carbocycles. The molecule has 0 radical (unpaired) electrons. The summed E-state index contributed by atoms with van der Waals surface area (Å²) in [5.41, 5.74) is 1.15. The SMILES string of the molecule is CC(Cc1ccccc1)N(C(=O)O)N1CCOCC1. The molecule has 5 heteroatoms. The molecular formula is C14H20N2O3. The van der Waals surface area contributed by atoms with Crippen LogP contribution >= 0.6 is 0 Å². The Hall–Kier alpha value is -1.59. The Morgan fingerprint density at radius 3 is 2.58 bits per heavy atom. The summed E-state index contributed by atoms with van der Waals surface area (Å²) in [6, 6.07) is 9.87. The predicted octanol–water partition coefficient (Wildman–Crippen LogP) is 1.84. The maximum Gasteiger partial charge on any atom is 0.422 e. The van der Waals surface area contributed by atoms with Crippen LogP contribution in [-0.4, -0.2) is 53.6 Å². The fourth-order valence-corrected chi connectivity index (χ4v) is 2.40. The largest absolute Gasteiger partial charge is 0.464 e. The van der Waals surface area contributed by atoms with E-state index >= 15 is 0 Å². The van der Waals surface area contributed by atoms with Crippen molar-refractivity contribution in [1.82, 2.24) is 10.0 Å². The second-order valence-corrected chi connectivity index (χ2v) is 4.73. The van der Waals surface area contributed by atoms with Gasteiger partial charge in [-0.15, -0.1) is 0 Å². The van der Waals surface area contributed by atoms with Gasteiger partial charge in [-0.2, -0.15) is 0 Å². The molecule has 104 valence electrons. The van der Waals surface area contributed by atoms with E-state index in [1.807, 2.05) is 42.3 Å². The highest BCUT2D eigenvalue weighted by Gasteiger charge is 2.27. The number of hydrogen-bond donors (Lipinski definition) is 1. The first-order valence-corrected chi connectivity index (χ1v) is 6.57. The average Bonchev–Trinajstić information content (AvgIpc) is 2.40. The van der Waals surface area contributed by atoms with Crippen LogP contribution in [0.3, 0.4) is 0 Å². The van der Waals surface area contributed by atoms with Crippen LogP contribution in [0.25, 0.3) is 0 Å². The lowest BCUT2D eigenvalue weighted by molar-refractivity contribution is -0.0901. The van der Waals surface area contributed by atoms with Gasteiger partial charge in [0.25, 0.3) is 0 Å². The van der Waals surface area contributed by atoms with Crippen LogP contribution in [0.1, 0.15) is 12.5 Å². The second-order valence-electron chi connectivity index (χ2n) is 4.73. The quantitative estimate of drug-likeness (QED) is 0.901. The van der Waals surface area contributed by atoms with Crippen molar-refractivity contribution in [2.75, 3.05) is 26.3 Å². The normalized spacial score (nSPS) is 17.9. The van der Waals surface area contributed by atoms with E-state index in [0.29, 0.717) is 32.7 Å². The first kappa shape index (κ1) is 13.8. The molecule has 2 rings (SSSR count). The van der Waals surface area contributed by atoms with Gasteiger partial charge in [0.15, 0.2) is 0 Å². The van der Waals surface area contributed by atoms with Gasteiger partial charge in [0, 0.05) is 13.1 Å². The Morgan fingerprint density at radius 1 is 1.37 bits per heavy atom. The molecule has 0 aromatic heterocycles. The van der Waals surface area contributed by atoms with Gasteiger partial charge in [0.2, 0.25) is 0 Å².